The second-order valence-electron chi connectivity index (χ2n) is 5.57. The quantitative estimate of drug-likeness (QED) is 0.885. The molecule has 2 rings (SSSR count). The summed E-state index contributed by atoms with van der Waals surface area (Å²) in [7, 11) is 1.66. The van der Waals surface area contributed by atoms with Crippen LogP contribution in [0, 0.1) is 5.92 Å². The number of likely N-dealkylation sites (tertiary alicyclic amines) is 1. The fourth-order valence-electron chi connectivity index (χ4n) is 2.84. The highest BCUT2D eigenvalue weighted by Crippen LogP contribution is 2.21. The van der Waals surface area contributed by atoms with E-state index < -0.39 is 0 Å². The second kappa shape index (κ2) is 6.75. The maximum atomic E-state index is 11.7. The minimum atomic E-state index is -0.0394. The smallest absolute Gasteiger partial charge is 0.251 e. The maximum Gasteiger partial charge on any atom is 0.251 e. The largest absolute Gasteiger partial charge is 0.382 e. The first-order chi connectivity index (χ1) is 9.63. The van der Waals surface area contributed by atoms with Crippen LogP contribution in [0.15, 0.2) is 24.3 Å². The van der Waals surface area contributed by atoms with Gasteiger partial charge in [-0.05, 0) is 37.1 Å². The monoisotopic (exact) mass is 275 g/mol. The zero-order valence-electron chi connectivity index (χ0n) is 12.6. The van der Waals surface area contributed by atoms with Crippen molar-refractivity contribution in [3.05, 3.63) is 29.8 Å². The fourth-order valence-corrected chi connectivity index (χ4v) is 2.84. The zero-order chi connectivity index (χ0) is 14.5. The highest BCUT2D eigenvalue weighted by atomic mass is 16.1. The van der Waals surface area contributed by atoms with E-state index in [1.54, 1.807) is 7.05 Å². The van der Waals surface area contributed by atoms with Gasteiger partial charge in [-0.25, -0.2) is 0 Å². The molecule has 0 unspecified atom stereocenters. The molecule has 1 aromatic carbocycles. The standard InChI is InChI=1S/C16H25N3O/c1-4-19-9-8-15(12(2)11-19)18-14-7-5-6-13(10-14)16(20)17-3/h5-7,10,12,15,18H,4,8-9,11H2,1-3H3,(H,17,20)/t12-,15-/m0/s1. The number of anilines is 1. The van der Waals surface area contributed by atoms with Gasteiger partial charge in [-0.1, -0.05) is 19.9 Å². The van der Waals surface area contributed by atoms with Crippen molar-refractivity contribution in [1.29, 1.82) is 0 Å². The van der Waals surface area contributed by atoms with Crippen LogP contribution in [0.5, 0.6) is 0 Å². The highest BCUT2D eigenvalue weighted by molar-refractivity contribution is 5.94. The van der Waals surface area contributed by atoms with Crippen molar-refractivity contribution < 1.29 is 4.79 Å². The SMILES string of the molecule is CCN1CC[C@H](Nc2cccc(C(=O)NC)c2)[C@@H](C)C1. The molecule has 110 valence electrons. The molecule has 1 amide bonds. The predicted octanol–water partition coefficient (Wildman–Crippen LogP) is 2.19. The van der Waals surface area contributed by atoms with Crippen LogP contribution < -0.4 is 10.6 Å². The van der Waals surface area contributed by atoms with Crippen molar-refractivity contribution in [2.45, 2.75) is 26.3 Å². The molecule has 1 saturated heterocycles. The van der Waals surface area contributed by atoms with E-state index in [2.05, 4.69) is 29.4 Å². The van der Waals surface area contributed by atoms with Gasteiger partial charge >= 0.3 is 0 Å². The zero-order valence-corrected chi connectivity index (χ0v) is 12.6. The first-order valence-corrected chi connectivity index (χ1v) is 7.45. The topological polar surface area (TPSA) is 44.4 Å². The van der Waals surface area contributed by atoms with E-state index in [9.17, 15) is 4.79 Å². The lowest BCUT2D eigenvalue weighted by Gasteiger charge is -2.37. The van der Waals surface area contributed by atoms with E-state index in [0.717, 1.165) is 31.7 Å². The van der Waals surface area contributed by atoms with E-state index in [4.69, 9.17) is 0 Å². The second-order valence-corrected chi connectivity index (χ2v) is 5.57. The van der Waals surface area contributed by atoms with Crippen molar-refractivity contribution in [1.82, 2.24) is 10.2 Å². The molecule has 4 nitrogen and oxygen atoms in total. The lowest BCUT2D eigenvalue weighted by molar-refractivity contribution is 0.0963. The van der Waals surface area contributed by atoms with Crippen LogP contribution in [0.2, 0.25) is 0 Å². The van der Waals surface area contributed by atoms with Crippen molar-refractivity contribution in [3.8, 4) is 0 Å². The molecule has 4 heteroatoms. The number of amides is 1. The molecular weight excluding hydrogens is 250 g/mol. The lowest BCUT2D eigenvalue weighted by Crippen LogP contribution is -2.45. The maximum absolute atomic E-state index is 11.7. The molecule has 0 aliphatic carbocycles. The summed E-state index contributed by atoms with van der Waals surface area (Å²) >= 11 is 0. The molecular formula is C16H25N3O. The van der Waals surface area contributed by atoms with Gasteiger partial charge in [0, 0.05) is 37.4 Å². The van der Waals surface area contributed by atoms with E-state index in [1.165, 1.54) is 0 Å². The molecule has 1 aliphatic heterocycles. The summed E-state index contributed by atoms with van der Waals surface area (Å²) in [4.78, 5) is 14.1. The Morgan fingerprint density at radius 3 is 2.90 bits per heavy atom. The van der Waals surface area contributed by atoms with Crippen LogP contribution in [-0.2, 0) is 0 Å². The Bertz CT molecular complexity index is 461. The summed E-state index contributed by atoms with van der Waals surface area (Å²) in [5.74, 6) is 0.579. The van der Waals surface area contributed by atoms with Crippen LogP contribution in [0.1, 0.15) is 30.6 Å². The van der Waals surface area contributed by atoms with Crippen molar-refractivity contribution in [3.63, 3.8) is 0 Å². The molecule has 1 aromatic rings. The summed E-state index contributed by atoms with van der Waals surface area (Å²) in [6.07, 6.45) is 1.15. The molecule has 0 saturated carbocycles. The van der Waals surface area contributed by atoms with Gasteiger partial charge < -0.3 is 15.5 Å². The van der Waals surface area contributed by atoms with E-state index in [0.29, 0.717) is 17.5 Å². The molecule has 2 atom stereocenters. The predicted molar refractivity (Wildman–Crippen MR) is 83.1 cm³/mol. The summed E-state index contributed by atoms with van der Waals surface area (Å²) in [5.41, 5.74) is 1.74. The molecule has 0 radical (unpaired) electrons. The van der Waals surface area contributed by atoms with Gasteiger partial charge in [-0.3, -0.25) is 4.79 Å². The van der Waals surface area contributed by atoms with Gasteiger partial charge in [0.2, 0.25) is 0 Å². The number of carbonyl (C=O) groups is 1. The normalized spacial score (nSPS) is 23.4. The van der Waals surface area contributed by atoms with Crippen LogP contribution >= 0.6 is 0 Å². The number of carbonyl (C=O) groups excluding carboxylic acids is 1. The van der Waals surface area contributed by atoms with E-state index in [1.807, 2.05) is 24.3 Å². The highest BCUT2D eigenvalue weighted by Gasteiger charge is 2.25. The third-order valence-corrected chi connectivity index (χ3v) is 4.14. The van der Waals surface area contributed by atoms with E-state index >= 15 is 0 Å². The molecule has 1 fully saturated rings. The van der Waals surface area contributed by atoms with Gasteiger partial charge in [0.25, 0.3) is 5.91 Å². The minimum absolute atomic E-state index is 0.0394. The van der Waals surface area contributed by atoms with Gasteiger partial charge in [0.1, 0.15) is 0 Å². The summed E-state index contributed by atoms with van der Waals surface area (Å²) in [6.45, 7) is 7.93. The van der Waals surface area contributed by atoms with Crippen molar-refractivity contribution in [2.24, 2.45) is 5.92 Å². The Labute approximate surface area is 121 Å². The molecule has 0 spiro atoms. The number of hydrogen-bond acceptors (Lipinski definition) is 3. The molecule has 1 heterocycles. The molecule has 2 N–H and O–H groups in total. The van der Waals surface area contributed by atoms with E-state index in [-0.39, 0.29) is 5.91 Å². The fraction of sp³-hybridized carbons (Fsp3) is 0.562. The number of rotatable bonds is 4. The Kier molecular flexibility index (Phi) is 5.01. The molecule has 0 aromatic heterocycles. The summed E-state index contributed by atoms with van der Waals surface area (Å²) < 4.78 is 0. The average Bonchev–Trinajstić information content (AvgIpc) is 2.48. The summed E-state index contributed by atoms with van der Waals surface area (Å²) in [5, 5.41) is 6.25. The van der Waals surface area contributed by atoms with Crippen molar-refractivity contribution >= 4 is 11.6 Å². The first kappa shape index (κ1) is 14.9. The minimum Gasteiger partial charge on any atom is -0.382 e. The van der Waals surface area contributed by atoms with Gasteiger partial charge in [-0.2, -0.15) is 0 Å². The third-order valence-electron chi connectivity index (χ3n) is 4.14. The van der Waals surface area contributed by atoms with Crippen LogP contribution in [0.25, 0.3) is 0 Å². The molecule has 1 aliphatic rings. The Hall–Kier alpha value is -1.55. The Morgan fingerprint density at radius 1 is 1.45 bits per heavy atom. The third kappa shape index (κ3) is 3.51. The van der Waals surface area contributed by atoms with Crippen LogP contribution in [0.4, 0.5) is 5.69 Å². The van der Waals surface area contributed by atoms with Crippen molar-refractivity contribution in [2.75, 3.05) is 32.0 Å². The number of benzene rings is 1. The summed E-state index contributed by atoms with van der Waals surface area (Å²) in [6, 6.07) is 8.22. The number of hydrogen-bond donors (Lipinski definition) is 2. The Balaban J connectivity index is 2.01. The van der Waals surface area contributed by atoms with Gasteiger partial charge in [0.05, 0.1) is 0 Å². The van der Waals surface area contributed by atoms with Gasteiger partial charge in [-0.15, -0.1) is 0 Å². The molecule has 0 bridgehead atoms. The number of nitrogens with zero attached hydrogens (tertiary/aromatic N) is 1. The number of nitrogens with one attached hydrogen (secondary N) is 2. The van der Waals surface area contributed by atoms with Crippen LogP contribution in [0.3, 0.4) is 0 Å². The number of piperidine rings is 1. The van der Waals surface area contributed by atoms with Gasteiger partial charge in [0.15, 0.2) is 0 Å². The molecule has 20 heavy (non-hydrogen) atoms. The lowest BCUT2D eigenvalue weighted by atomic mass is 9.93. The average molecular weight is 275 g/mol. The van der Waals surface area contributed by atoms with Crippen LogP contribution in [-0.4, -0.2) is 43.5 Å². The Morgan fingerprint density at radius 2 is 2.25 bits per heavy atom. The first-order valence-electron chi connectivity index (χ1n) is 7.45.